The molecule has 0 saturated carbocycles. The predicted molar refractivity (Wildman–Crippen MR) is 75.6 cm³/mol. The Morgan fingerprint density at radius 1 is 1.00 bits per heavy atom. The molecule has 4 heteroatoms. The summed E-state index contributed by atoms with van der Waals surface area (Å²) in [6, 6.07) is 15.7. The summed E-state index contributed by atoms with van der Waals surface area (Å²) in [6.07, 6.45) is 0. The van der Waals surface area contributed by atoms with Crippen LogP contribution in [0, 0.1) is 0 Å². The van der Waals surface area contributed by atoms with Crippen LogP contribution in [0.3, 0.4) is 0 Å². The molecule has 0 aliphatic heterocycles. The molecule has 0 aliphatic rings. The smallest absolute Gasteiger partial charge is 0.335 e. The van der Waals surface area contributed by atoms with Crippen LogP contribution in [0.25, 0.3) is 0 Å². The zero-order valence-electron chi connectivity index (χ0n) is 11.1. The highest BCUT2D eigenvalue weighted by Gasteiger charge is 2.13. The lowest BCUT2D eigenvalue weighted by Crippen LogP contribution is -2.26. The van der Waals surface area contributed by atoms with Crippen molar-refractivity contribution in [3.8, 4) is 0 Å². The Labute approximate surface area is 117 Å². The summed E-state index contributed by atoms with van der Waals surface area (Å²) < 4.78 is 0. The van der Waals surface area contributed by atoms with Gasteiger partial charge in [-0.25, -0.2) is 4.79 Å². The van der Waals surface area contributed by atoms with Crippen LogP contribution in [-0.2, 0) is 6.54 Å². The molecular formula is C16H15NO3. The molecule has 4 nitrogen and oxygen atoms in total. The fraction of sp³-hybridized carbons (Fsp3) is 0.125. The van der Waals surface area contributed by atoms with Gasteiger partial charge in [-0.15, -0.1) is 0 Å². The van der Waals surface area contributed by atoms with Crippen molar-refractivity contribution in [2.75, 3.05) is 7.05 Å². The van der Waals surface area contributed by atoms with Crippen molar-refractivity contribution < 1.29 is 14.7 Å². The fourth-order valence-corrected chi connectivity index (χ4v) is 1.93. The Bertz CT molecular complexity index is 623. The quantitative estimate of drug-likeness (QED) is 0.928. The monoisotopic (exact) mass is 269 g/mol. The average Bonchev–Trinajstić information content (AvgIpc) is 2.47. The number of aromatic carboxylic acids is 1. The van der Waals surface area contributed by atoms with Crippen molar-refractivity contribution in [2.45, 2.75) is 6.54 Å². The van der Waals surface area contributed by atoms with Crippen LogP contribution in [0.1, 0.15) is 26.3 Å². The van der Waals surface area contributed by atoms with E-state index >= 15 is 0 Å². The van der Waals surface area contributed by atoms with Crippen molar-refractivity contribution in [1.29, 1.82) is 0 Å². The van der Waals surface area contributed by atoms with E-state index in [9.17, 15) is 9.59 Å². The van der Waals surface area contributed by atoms with Gasteiger partial charge >= 0.3 is 5.97 Å². The molecule has 102 valence electrons. The number of hydrogen-bond acceptors (Lipinski definition) is 2. The van der Waals surface area contributed by atoms with Crippen molar-refractivity contribution in [2.24, 2.45) is 0 Å². The van der Waals surface area contributed by atoms with E-state index < -0.39 is 5.97 Å². The molecule has 0 saturated heterocycles. The lowest BCUT2D eigenvalue weighted by molar-refractivity contribution is 0.0697. The number of amides is 1. The van der Waals surface area contributed by atoms with Crippen molar-refractivity contribution in [3.63, 3.8) is 0 Å². The minimum absolute atomic E-state index is 0.115. The topological polar surface area (TPSA) is 57.6 Å². The second-order valence-corrected chi connectivity index (χ2v) is 4.53. The molecule has 1 N–H and O–H groups in total. The van der Waals surface area contributed by atoms with Gasteiger partial charge in [0.25, 0.3) is 5.91 Å². The Hall–Kier alpha value is -2.62. The standard InChI is InChI=1S/C16H15NO3/c1-17(11-12-6-3-2-4-7-12)15(18)13-8-5-9-14(10-13)16(19)20/h2-10H,11H2,1H3,(H,19,20). The van der Waals surface area contributed by atoms with Crippen LogP contribution in [0.4, 0.5) is 0 Å². The van der Waals surface area contributed by atoms with Crippen LogP contribution in [0.2, 0.25) is 0 Å². The van der Waals surface area contributed by atoms with Gasteiger partial charge in [0.2, 0.25) is 0 Å². The molecule has 0 heterocycles. The highest BCUT2D eigenvalue weighted by atomic mass is 16.4. The maximum atomic E-state index is 12.3. The molecule has 20 heavy (non-hydrogen) atoms. The van der Waals surface area contributed by atoms with Crippen LogP contribution >= 0.6 is 0 Å². The van der Waals surface area contributed by atoms with E-state index in [0.29, 0.717) is 12.1 Å². The van der Waals surface area contributed by atoms with Crippen molar-refractivity contribution >= 4 is 11.9 Å². The number of carbonyl (C=O) groups is 2. The van der Waals surface area contributed by atoms with Crippen molar-refractivity contribution in [3.05, 3.63) is 71.3 Å². The Balaban J connectivity index is 2.14. The van der Waals surface area contributed by atoms with Crippen molar-refractivity contribution in [1.82, 2.24) is 4.90 Å². The molecule has 2 rings (SSSR count). The number of carbonyl (C=O) groups excluding carboxylic acids is 1. The summed E-state index contributed by atoms with van der Waals surface area (Å²) in [5.41, 5.74) is 1.52. The van der Waals surface area contributed by atoms with E-state index in [0.717, 1.165) is 5.56 Å². The molecule has 0 fully saturated rings. The normalized spacial score (nSPS) is 10.1. The second-order valence-electron chi connectivity index (χ2n) is 4.53. The van der Waals surface area contributed by atoms with E-state index in [2.05, 4.69) is 0 Å². The maximum absolute atomic E-state index is 12.3. The fourth-order valence-electron chi connectivity index (χ4n) is 1.93. The van der Waals surface area contributed by atoms with Gasteiger partial charge in [0.1, 0.15) is 0 Å². The minimum Gasteiger partial charge on any atom is -0.478 e. The highest BCUT2D eigenvalue weighted by molar-refractivity contribution is 5.97. The molecule has 1 amide bonds. The van der Waals surface area contributed by atoms with Gasteiger partial charge < -0.3 is 10.0 Å². The minimum atomic E-state index is -1.04. The summed E-state index contributed by atoms with van der Waals surface area (Å²) in [6.45, 7) is 0.483. The molecule has 0 aromatic heterocycles. The summed E-state index contributed by atoms with van der Waals surface area (Å²) in [5, 5.41) is 8.94. The molecule has 0 spiro atoms. The second kappa shape index (κ2) is 6.02. The van der Waals surface area contributed by atoms with E-state index in [1.807, 2.05) is 30.3 Å². The SMILES string of the molecule is CN(Cc1ccccc1)C(=O)c1cccc(C(=O)O)c1. The third kappa shape index (κ3) is 3.23. The number of carboxylic acid groups (broad SMARTS) is 1. The Morgan fingerprint density at radius 2 is 1.65 bits per heavy atom. The summed E-state index contributed by atoms with van der Waals surface area (Å²) in [7, 11) is 1.70. The third-order valence-electron chi connectivity index (χ3n) is 2.97. The lowest BCUT2D eigenvalue weighted by atomic mass is 10.1. The van der Waals surface area contributed by atoms with Gasteiger partial charge in [-0.2, -0.15) is 0 Å². The van der Waals surface area contributed by atoms with Gasteiger partial charge in [0.05, 0.1) is 5.56 Å². The van der Waals surface area contributed by atoms with E-state index in [-0.39, 0.29) is 11.5 Å². The zero-order chi connectivity index (χ0) is 14.5. The maximum Gasteiger partial charge on any atom is 0.335 e. The van der Waals surface area contributed by atoms with Crippen LogP contribution in [0.15, 0.2) is 54.6 Å². The average molecular weight is 269 g/mol. The van der Waals surface area contributed by atoms with Gasteiger partial charge in [0.15, 0.2) is 0 Å². The first-order valence-corrected chi connectivity index (χ1v) is 6.20. The molecule has 0 radical (unpaired) electrons. The van der Waals surface area contributed by atoms with E-state index in [4.69, 9.17) is 5.11 Å². The van der Waals surface area contributed by atoms with Crippen LogP contribution < -0.4 is 0 Å². The third-order valence-corrected chi connectivity index (χ3v) is 2.97. The highest BCUT2D eigenvalue weighted by Crippen LogP contribution is 2.10. The molecule has 0 bridgehead atoms. The Morgan fingerprint density at radius 3 is 2.30 bits per heavy atom. The van der Waals surface area contributed by atoms with E-state index in [1.165, 1.54) is 12.1 Å². The molecule has 0 aliphatic carbocycles. The first kappa shape index (κ1) is 13.8. The first-order chi connectivity index (χ1) is 9.58. The Kier molecular flexibility index (Phi) is 4.15. The van der Waals surface area contributed by atoms with Gasteiger partial charge in [-0.1, -0.05) is 36.4 Å². The number of rotatable bonds is 4. The van der Waals surface area contributed by atoms with Crippen LogP contribution in [-0.4, -0.2) is 28.9 Å². The van der Waals surface area contributed by atoms with Gasteiger partial charge in [-0.3, -0.25) is 4.79 Å². The molecule has 0 atom stereocenters. The van der Waals surface area contributed by atoms with E-state index in [1.54, 1.807) is 24.1 Å². The van der Waals surface area contributed by atoms with Crippen LogP contribution in [0.5, 0.6) is 0 Å². The first-order valence-electron chi connectivity index (χ1n) is 6.20. The number of carboxylic acids is 1. The summed E-state index contributed by atoms with van der Waals surface area (Å²) in [5.74, 6) is -1.23. The number of hydrogen-bond donors (Lipinski definition) is 1. The molecule has 2 aromatic carbocycles. The lowest BCUT2D eigenvalue weighted by Gasteiger charge is -2.17. The zero-order valence-corrected chi connectivity index (χ0v) is 11.1. The molecule has 0 unspecified atom stereocenters. The molecule has 2 aromatic rings. The summed E-state index contributed by atoms with van der Waals surface area (Å²) >= 11 is 0. The van der Waals surface area contributed by atoms with Gasteiger partial charge in [-0.05, 0) is 23.8 Å². The van der Waals surface area contributed by atoms with Gasteiger partial charge in [0, 0.05) is 19.2 Å². The predicted octanol–water partition coefficient (Wildman–Crippen LogP) is 2.66. The molecular weight excluding hydrogens is 254 g/mol. The number of benzene rings is 2. The number of nitrogens with zero attached hydrogens (tertiary/aromatic N) is 1. The largest absolute Gasteiger partial charge is 0.478 e. The summed E-state index contributed by atoms with van der Waals surface area (Å²) in [4.78, 5) is 24.7.